The van der Waals surface area contributed by atoms with Crippen molar-refractivity contribution in [2.45, 2.75) is 38.9 Å². The first-order valence-electron chi connectivity index (χ1n) is 4.23. The Balaban J connectivity index is 0.000000249. The summed E-state index contributed by atoms with van der Waals surface area (Å²) in [5.74, 6) is 0. The van der Waals surface area contributed by atoms with Crippen molar-refractivity contribution in [1.82, 2.24) is 4.98 Å². The first-order valence-corrected chi connectivity index (χ1v) is 4.23. The van der Waals surface area contributed by atoms with Crippen LogP contribution in [0.5, 0.6) is 0 Å². The Morgan fingerprint density at radius 2 is 1.64 bits per heavy atom. The van der Waals surface area contributed by atoms with Gasteiger partial charge in [-0.1, -0.05) is 0 Å². The van der Waals surface area contributed by atoms with E-state index in [0.717, 1.165) is 0 Å². The second-order valence-corrected chi connectivity index (χ2v) is 4.02. The fourth-order valence-electron chi connectivity index (χ4n) is 0.226. The van der Waals surface area contributed by atoms with Crippen molar-refractivity contribution < 1.29 is 14.6 Å². The zero-order valence-corrected chi connectivity index (χ0v) is 8.98. The molecule has 1 aromatic heterocycles. The molecular formula is C9H16BNO3. The Morgan fingerprint density at radius 3 is 1.71 bits per heavy atom. The Bertz CT molecular complexity index is 234. The molecule has 0 atom stereocenters. The van der Waals surface area contributed by atoms with Gasteiger partial charge in [0.2, 0.25) is 0 Å². The Kier molecular flexibility index (Phi) is 4.35. The quantitative estimate of drug-likeness (QED) is 0.621. The Morgan fingerprint density at radius 1 is 1.21 bits per heavy atom. The van der Waals surface area contributed by atoms with Crippen molar-refractivity contribution in [3.63, 3.8) is 0 Å². The number of aliphatic hydroxyl groups is 2. The molecule has 0 aliphatic rings. The van der Waals surface area contributed by atoms with E-state index in [9.17, 15) is 0 Å². The predicted octanol–water partition coefficient (Wildman–Crippen LogP) is -0.00340. The summed E-state index contributed by atoms with van der Waals surface area (Å²) >= 11 is 0. The van der Waals surface area contributed by atoms with Crippen molar-refractivity contribution in [1.29, 1.82) is 0 Å². The highest BCUT2D eigenvalue weighted by atomic mass is 16.3. The minimum absolute atomic E-state index is 0.356. The van der Waals surface area contributed by atoms with Crippen molar-refractivity contribution in [3.05, 3.63) is 12.6 Å². The average molecular weight is 197 g/mol. The first-order chi connectivity index (χ1) is 6.14. The van der Waals surface area contributed by atoms with Crippen molar-refractivity contribution in [3.8, 4) is 0 Å². The van der Waals surface area contributed by atoms with Gasteiger partial charge >= 0.3 is 0 Å². The fraction of sp³-hybridized carbons (Fsp3) is 0.667. The van der Waals surface area contributed by atoms with E-state index in [1.165, 1.54) is 12.6 Å². The Hall–Kier alpha value is -0.805. The van der Waals surface area contributed by atoms with E-state index in [-0.39, 0.29) is 0 Å². The lowest BCUT2D eigenvalue weighted by Gasteiger charge is -2.31. The molecule has 14 heavy (non-hydrogen) atoms. The largest absolute Gasteiger partial charge is 0.460 e. The summed E-state index contributed by atoms with van der Waals surface area (Å²) in [5.41, 5.74) is -1.66. The van der Waals surface area contributed by atoms with Crippen LogP contribution in [0.25, 0.3) is 0 Å². The number of nitrogens with zero attached hydrogens (tertiary/aromatic N) is 1. The maximum atomic E-state index is 9.10. The highest BCUT2D eigenvalue weighted by molar-refractivity contribution is 6.29. The number of aromatic nitrogens is 1. The summed E-state index contributed by atoms with van der Waals surface area (Å²) in [4.78, 5) is 3.53. The number of oxazole rings is 1. The molecule has 0 fully saturated rings. The molecule has 78 valence electrons. The molecule has 2 N–H and O–H groups in total. The van der Waals surface area contributed by atoms with Crippen LogP contribution >= 0.6 is 0 Å². The van der Waals surface area contributed by atoms with Gasteiger partial charge in [-0.2, -0.15) is 0 Å². The van der Waals surface area contributed by atoms with E-state index in [0.29, 0.717) is 5.66 Å². The van der Waals surface area contributed by atoms with Crippen LogP contribution in [0, 0.1) is 0 Å². The lowest BCUT2D eigenvalue weighted by molar-refractivity contribution is -0.107. The van der Waals surface area contributed by atoms with Gasteiger partial charge in [0.15, 0.2) is 14.2 Å². The smallest absolute Gasteiger partial charge is 0.179 e. The number of hydrogen-bond donors (Lipinski definition) is 2. The lowest BCUT2D eigenvalue weighted by atomic mass is 9.90. The van der Waals surface area contributed by atoms with Crippen LogP contribution in [0.2, 0.25) is 0 Å². The second-order valence-electron chi connectivity index (χ2n) is 4.02. The molecule has 0 amide bonds. The second kappa shape index (κ2) is 4.62. The third-order valence-corrected chi connectivity index (χ3v) is 1.95. The van der Waals surface area contributed by atoms with Crippen LogP contribution in [-0.2, 0) is 0 Å². The van der Waals surface area contributed by atoms with Crippen molar-refractivity contribution >= 4 is 13.5 Å². The molecule has 5 heteroatoms. The summed E-state index contributed by atoms with van der Waals surface area (Å²) in [6.45, 7) is 6.31. The van der Waals surface area contributed by atoms with Gasteiger partial charge in [-0.3, -0.25) is 0 Å². The summed E-state index contributed by atoms with van der Waals surface area (Å²) in [5, 5.41) is 18.2. The van der Waals surface area contributed by atoms with Crippen LogP contribution in [-0.4, -0.2) is 34.2 Å². The minimum Gasteiger partial charge on any atom is -0.460 e. The molecule has 4 nitrogen and oxygen atoms in total. The molecule has 0 unspecified atom stereocenters. The lowest BCUT2D eigenvalue weighted by Crippen LogP contribution is -2.44. The van der Waals surface area contributed by atoms with Crippen molar-refractivity contribution in [2.24, 2.45) is 0 Å². The van der Waals surface area contributed by atoms with Crippen LogP contribution in [0.1, 0.15) is 27.7 Å². The maximum Gasteiger partial charge on any atom is 0.179 e. The molecule has 0 saturated carbocycles. The van der Waals surface area contributed by atoms with Crippen molar-refractivity contribution in [2.75, 3.05) is 0 Å². The van der Waals surface area contributed by atoms with Crippen LogP contribution < -0.4 is 5.66 Å². The minimum atomic E-state index is -1.01. The standard InChI is InChI=1S/C6H14O2.C3H2BNO/c1-5(2,7)6(3,4)8;4-3-1-5-2-6-3/h7-8H,1-4H3;1-2H. The molecule has 0 spiro atoms. The molecule has 1 rings (SSSR count). The van der Waals surface area contributed by atoms with E-state index in [2.05, 4.69) is 9.40 Å². The molecule has 0 saturated heterocycles. The monoisotopic (exact) mass is 197 g/mol. The van der Waals surface area contributed by atoms with Gasteiger partial charge < -0.3 is 14.6 Å². The summed E-state index contributed by atoms with van der Waals surface area (Å²) in [6, 6.07) is 0. The SMILES string of the molecule is CC(C)(O)C(C)(C)O.[B]c1cnco1. The van der Waals surface area contributed by atoms with Gasteiger partial charge in [-0.15, -0.1) is 0 Å². The molecule has 0 aromatic carbocycles. The summed E-state index contributed by atoms with van der Waals surface area (Å²) in [6.07, 6.45) is 2.73. The summed E-state index contributed by atoms with van der Waals surface area (Å²) in [7, 11) is 5.05. The molecular weight excluding hydrogens is 181 g/mol. The predicted molar refractivity (Wildman–Crippen MR) is 54.5 cm³/mol. The van der Waals surface area contributed by atoms with E-state index in [1.807, 2.05) is 0 Å². The molecule has 0 aliphatic carbocycles. The fourth-order valence-corrected chi connectivity index (χ4v) is 0.226. The highest BCUT2D eigenvalue weighted by Gasteiger charge is 2.31. The zero-order chi connectivity index (χ0) is 11.4. The number of hydrogen-bond acceptors (Lipinski definition) is 4. The van der Waals surface area contributed by atoms with Gasteiger partial charge in [0.1, 0.15) is 0 Å². The zero-order valence-electron chi connectivity index (χ0n) is 8.98. The normalized spacial score (nSPS) is 11.9. The van der Waals surface area contributed by atoms with Gasteiger partial charge in [-0.25, -0.2) is 4.98 Å². The van der Waals surface area contributed by atoms with Crippen LogP contribution in [0.3, 0.4) is 0 Å². The van der Waals surface area contributed by atoms with Crippen LogP contribution in [0.15, 0.2) is 17.0 Å². The van der Waals surface area contributed by atoms with Gasteiger partial charge in [0.25, 0.3) is 0 Å². The van der Waals surface area contributed by atoms with Gasteiger partial charge in [0, 0.05) is 0 Å². The van der Waals surface area contributed by atoms with E-state index in [4.69, 9.17) is 18.1 Å². The highest BCUT2D eigenvalue weighted by Crippen LogP contribution is 2.19. The third kappa shape index (κ3) is 5.04. The molecule has 1 aromatic rings. The average Bonchev–Trinajstić information content (AvgIpc) is 2.35. The van der Waals surface area contributed by atoms with E-state index >= 15 is 0 Å². The number of rotatable bonds is 1. The Labute approximate surface area is 85.4 Å². The third-order valence-electron chi connectivity index (χ3n) is 1.95. The van der Waals surface area contributed by atoms with Gasteiger partial charge in [0.05, 0.1) is 23.1 Å². The molecule has 1 heterocycles. The van der Waals surface area contributed by atoms with Gasteiger partial charge in [-0.05, 0) is 27.7 Å². The first kappa shape index (κ1) is 13.2. The molecule has 0 bridgehead atoms. The molecule has 0 aliphatic heterocycles. The topological polar surface area (TPSA) is 66.5 Å². The van der Waals surface area contributed by atoms with Crippen LogP contribution in [0.4, 0.5) is 0 Å². The summed E-state index contributed by atoms with van der Waals surface area (Å²) < 4.78 is 4.50. The maximum absolute atomic E-state index is 9.10. The van der Waals surface area contributed by atoms with E-state index in [1.54, 1.807) is 27.7 Å². The molecule has 2 radical (unpaired) electrons. The van der Waals surface area contributed by atoms with E-state index < -0.39 is 11.2 Å².